The van der Waals surface area contributed by atoms with Crippen LogP contribution >= 0.6 is 0 Å². The van der Waals surface area contributed by atoms with Gasteiger partial charge in [0.15, 0.2) is 0 Å². The van der Waals surface area contributed by atoms with E-state index >= 15 is 0 Å². The fourth-order valence-corrected chi connectivity index (χ4v) is 2.29. The molecule has 1 aromatic carbocycles. The monoisotopic (exact) mass is 266 g/mol. The molecule has 4 heteroatoms. The Hall–Kier alpha value is -1.84. The number of allylic oxidation sites excluding steroid dienone is 1. The Balaban J connectivity index is 3.64. The zero-order chi connectivity index (χ0) is 14.7. The summed E-state index contributed by atoms with van der Waals surface area (Å²) in [5.41, 5.74) is 3.46. The number of ether oxygens (including phenoxy) is 1. The van der Waals surface area contributed by atoms with Crippen LogP contribution in [-0.2, 0) is 4.79 Å². The van der Waals surface area contributed by atoms with E-state index in [9.17, 15) is 9.18 Å². The number of aliphatic carboxylic acids is 1. The number of carboxylic acids is 1. The first-order chi connectivity index (χ1) is 8.84. The second-order valence-electron chi connectivity index (χ2n) is 4.47. The third-order valence-electron chi connectivity index (χ3n) is 3.38. The van der Waals surface area contributed by atoms with Crippen LogP contribution in [0, 0.1) is 20.8 Å². The molecule has 0 aliphatic carbocycles. The Morgan fingerprint density at radius 1 is 1.32 bits per heavy atom. The zero-order valence-corrected chi connectivity index (χ0v) is 11.9. The van der Waals surface area contributed by atoms with Crippen molar-refractivity contribution in [2.75, 3.05) is 7.11 Å². The van der Waals surface area contributed by atoms with Gasteiger partial charge in [-0.15, -0.1) is 0 Å². The second kappa shape index (κ2) is 5.87. The van der Waals surface area contributed by atoms with Crippen LogP contribution in [0.2, 0.25) is 0 Å². The van der Waals surface area contributed by atoms with E-state index in [-0.39, 0.29) is 5.57 Å². The molecule has 104 valence electrons. The fourth-order valence-electron chi connectivity index (χ4n) is 2.29. The lowest BCUT2D eigenvalue weighted by atomic mass is 9.90. The smallest absolute Gasteiger partial charge is 0.365 e. The molecule has 0 aromatic heterocycles. The molecule has 1 rings (SSSR count). The van der Waals surface area contributed by atoms with Crippen molar-refractivity contribution < 1.29 is 19.0 Å². The first-order valence-electron chi connectivity index (χ1n) is 6.12. The summed E-state index contributed by atoms with van der Waals surface area (Å²) >= 11 is 0. The van der Waals surface area contributed by atoms with Gasteiger partial charge in [-0.25, -0.2) is 4.79 Å². The average molecular weight is 266 g/mol. The van der Waals surface area contributed by atoms with Crippen molar-refractivity contribution in [1.29, 1.82) is 0 Å². The lowest BCUT2D eigenvalue weighted by molar-refractivity contribution is -0.134. The number of rotatable bonds is 4. The molecular formula is C15H19FO3. The van der Waals surface area contributed by atoms with Crippen LogP contribution in [-0.4, -0.2) is 18.2 Å². The van der Waals surface area contributed by atoms with Crippen LogP contribution in [0.5, 0.6) is 5.75 Å². The molecule has 0 saturated heterocycles. The van der Waals surface area contributed by atoms with Gasteiger partial charge < -0.3 is 9.84 Å². The van der Waals surface area contributed by atoms with E-state index < -0.39 is 11.8 Å². The molecule has 0 bridgehead atoms. The molecule has 0 aliphatic heterocycles. The summed E-state index contributed by atoms with van der Waals surface area (Å²) < 4.78 is 19.1. The van der Waals surface area contributed by atoms with Crippen molar-refractivity contribution in [2.45, 2.75) is 34.1 Å². The molecule has 0 amide bonds. The Morgan fingerprint density at radius 2 is 1.89 bits per heavy atom. The molecule has 1 N–H and O–H groups in total. The van der Waals surface area contributed by atoms with Crippen molar-refractivity contribution >= 4 is 11.5 Å². The average Bonchev–Trinajstić information content (AvgIpc) is 2.37. The standard InChI is InChI=1S/C15H19FO3/c1-6-11(14(16)15(17)18)13-8(2)7-12(19-5)9(3)10(13)4/h7H,6H2,1-5H3,(H,17,18)/b14-11-. The summed E-state index contributed by atoms with van der Waals surface area (Å²) in [6.07, 6.45) is 0.325. The Bertz CT molecular complexity index is 545. The maximum atomic E-state index is 13.8. The van der Waals surface area contributed by atoms with Crippen LogP contribution < -0.4 is 4.74 Å². The van der Waals surface area contributed by atoms with Crippen LogP contribution in [0.15, 0.2) is 11.9 Å². The highest BCUT2D eigenvalue weighted by Crippen LogP contribution is 2.35. The SMILES string of the molecule is CC/C(=C(/F)C(=O)O)c1c(C)cc(OC)c(C)c1C. The largest absolute Gasteiger partial charge is 0.496 e. The zero-order valence-electron chi connectivity index (χ0n) is 11.9. The maximum Gasteiger partial charge on any atom is 0.365 e. The molecule has 19 heavy (non-hydrogen) atoms. The van der Waals surface area contributed by atoms with Crippen LogP contribution in [0.25, 0.3) is 5.57 Å². The molecular weight excluding hydrogens is 247 g/mol. The first-order valence-corrected chi connectivity index (χ1v) is 6.12. The number of hydrogen-bond donors (Lipinski definition) is 1. The van der Waals surface area contributed by atoms with Gasteiger partial charge >= 0.3 is 5.97 Å². The summed E-state index contributed by atoms with van der Waals surface area (Å²) in [4.78, 5) is 10.8. The van der Waals surface area contributed by atoms with E-state index in [0.717, 1.165) is 22.4 Å². The lowest BCUT2D eigenvalue weighted by Crippen LogP contribution is -2.04. The predicted molar refractivity (Wildman–Crippen MR) is 73.2 cm³/mol. The molecule has 0 fully saturated rings. The van der Waals surface area contributed by atoms with Gasteiger partial charge in [-0.1, -0.05) is 6.92 Å². The predicted octanol–water partition coefficient (Wildman–Crippen LogP) is 3.80. The molecule has 0 saturated carbocycles. The quantitative estimate of drug-likeness (QED) is 0.843. The number of aryl methyl sites for hydroxylation is 1. The van der Waals surface area contributed by atoms with E-state index in [1.54, 1.807) is 14.0 Å². The van der Waals surface area contributed by atoms with Gasteiger partial charge in [0.2, 0.25) is 5.83 Å². The number of methoxy groups -OCH3 is 1. The molecule has 0 heterocycles. The molecule has 0 unspecified atom stereocenters. The summed E-state index contributed by atoms with van der Waals surface area (Å²) in [7, 11) is 1.58. The van der Waals surface area contributed by atoms with Gasteiger partial charge in [-0.05, 0) is 55.5 Å². The van der Waals surface area contributed by atoms with Gasteiger partial charge in [-0.2, -0.15) is 4.39 Å². The number of halogens is 1. The van der Waals surface area contributed by atoms with E-state index in [1.807, 2.05) is 26.8 Å². The maximum absolute atomic E-state index is 13.8. The summed E-state index contributed by atoms with van der Waals surface area (Å²) in [5, 5.41) is 8.84. The van der Waals surface area contributed by atoms with Gasteiger partial charge in [0.05, 0.1) is 7.11 Å². The number of carboxylic acid groups (broad SMARTS) is 1. The third kappa shape index (κ3) is 2.78. The molecule has 0 aliphatic rings. The Kier molecular flexibility index (Phi) is 4.70. The van der Waals surface area contributed by atoms with Gasteiger partial charge in [0.1, 0.15) is 5.75 Å². The van der Waals surface area contributed by atoms with E-state index in [4.69, 9.17) is 9.84 Å². The van der Waals surface area contributed by atoms with Gasteiger partial charge in [0, 0.05) is 5.57 Å². The minimum Gasteiger partial charge on any atom is -0.496 e. The summed E-state index contributed by atoms with van der Waals surface area (Å²) in [5.74, 6) is -1.88. The third-order valence-corrected chi connectivity index (χ3v) is 3.38. The van der Waals surface area contributed by atoms with Crippen molar-refractivity contribution in [3.05, 3.63) is 34.1 Å². The van der Waals surface area contributed by atoms with Crippen molar-refractivity contribution in [2.24, 2.45) is 0 Å². The molecule has 3 nitrogen and oxygen atoms in total. The van der Waals surface area contributed by atoms with Crippen LogP contribution in [0.4, 0.5) is 4.39 Å². The highest BCUT2D eigenvalue weighted by Gasteiger charge is 2.20. The highest BCUT2D eigenvalue weighted by molar-refractivity contribution is 5.95. The second-order valence-corrected chi connectivity index (χ2v) is 4.47. The van der Waals surface area contributed by atoms with Crippen LogP contribution in [0.1, 0.15) is 35.6 Å². The molecule has 0 radical (unpaired) electrons. The number of benzene rings is 1. The molecule has 0 atom stereocenters. The van der Waals surface area contributed by atoms with Crippen molar-refractivity contribution in [3.8, 4) is 5.75 Å². The van der Waals surface area contributed by atoms with Gasteiger partial charge in [0.25, 0.3) is 0 Å². The molecule has 0 spiro atoms. The van der Waals surface area contributed by atoms with Crippen LogP contribution in [0.3, 0.4) is 0 Å². The minimum absolute atomic E-state index is 0.230. The van der Waals surface area contributed by atoms with Crippen molar-refractivity contribution in [1.82, 2.24) is 0 Å². The Labute approximate surface area is 112 Å². The van der Waals surface area contributed by atoms with Crippen molar-refractivity contribution in [3.63, 3.8) is 0 Å². The van der Waals surface area contributed by atoms with E-state index in [2.05, 4.69) is 0 Å². The highest BCUT2D eigenvalue weighted by atomic mass is 19.1. The van der Waals surface area contributed by atoms with Gasteiger partial charge in [-0.3, -0.25) is 0 Å². The molecule has 1 aromatic rings. The van der Waals surface area contributed by atoms with E-state index in [1.165, 1.54) is 0 Å². The number of carbonyl (C=O) groups is 1. The topological polar surface area (TPSA) is 46.5 Å². The number of hydrogen-bond acceptors (Lipinski definition) is 2. The lowest BCUT2D eigenvalue weighted by Gasteiger charge is -2.17. The normalized spacial score (nSPS) is 12.1. The summed E-state index contributed by atoms with van der Waals surface area (Å²) in [6, 6.07) is 1.81. The fraction of sp³-hybridized carbons (Fsp3) is 0.400. The van der Waals surface area contributed by atoms with E-state index in [0.29, 0.717) is 12.0 Å². The minimum atomic E-state index is -1.52. The first kappa shape index (κ1) is 15.2. The Morgan fingerprint density at radius 3 is 2.32 bits per heavy atom. The summed E-state index contributed by atoms with van der Waals surface area (Å²) in [6.45, 7) is 7.30.